The smallest absolute Gasteiger partial charge is 0.338 e. The molecule has 0 fully saturated rings. The van der Waals surface area contributed by atoms with Crippen LogP contribution < -0.4 is 4.74 Å². The van der Waals surface area contributed by atoms with E-state index in [2.05, 4.69) is 0 Å². The van der Waals surface area contributed by atoms with Gasteiger partial charge in [-0.25, -0.2) is 4.79 Å². The zero-order chi connectivity index (χ0) is 26.3. The fourth-order valence-electron chi connectivity index (χ4n) is 3.48. The molecule has 3 aromatic rings. The van der Waals surface area contributed by atoms with Crippen LogP contribution in [0.15, 0.2) is 84.9 Å². The Balaban J connectivity index is 1.30. The summed E-state index contributed by atoms with van der Waals surface area (Å²) in [5.74, 6) is -0.368. The van der Waals surface area contributed by atoms with Gasteiger partial charge in [0, 0.05) is 12.8 Å². The molecule has 0 amide bonds. The van der Waals surface area contributed by atoms with Crippen LogP contribution in [0.3, 0.4) is 0 Å². The lowest BCUT2D eigenvalue weighted by Crippen LogP contribution is -2.22. The van der Waals surface area contributed by atoms with E-state index in [9.17, 15) is 14.4 Å². The first-order valence-corrected chi connectivity index (χ1v) is 12.3. The van der Waals surface area contributed by atoms with E-state index >= 15 is 0 Å². The number of aryl methyl sites for hydroxylation is 2. The van der Waals surface area contributed by atoms with E-state index in [0.717, 1.165) is 16.9 Å². The van der Waals surface area contributed by atoms with Crippen molar-refractivity contribution in [2.75, 3.05) is 19.8 Å². The lowest BCUT2D eigenvalue weighted by molar-refractivity contribution is -0.146. The number of hydrogen-bond donors (Lipinski definition) is 0. The number of hydrogen-bond acceptors (Lipinski definition) is 7. The monoisotopic (exact) mass is 504 g/mol. The summed E-state index contributed by atoms with van der Waals surface area (Å²) in [7, 11) is 0. The minimum absolute atomic E-state index is 0.00402. The molecule has 0 aromatic heterocycles. The number of para-hydroxylation sites is 1. The Kier molecular flexibility index (Phi) is 11.2. The quantitative estimate of drug-likeness (QED) is 0.174. The largest absolute Gasteiger partial charge is 0.490 e. The van der Waals surface area contributed by atoms with Gasteiger partial charge in [-0.1, -0.05) is 60.7 Å². The molecule has 0 aliphatic rings. The molecule has 0 radical (unpaired) electrons. The van der Waals surface area contributed by atoms with E-state index in [0.29, 0.717) is 25.0 Å². The predicted octanol–water partition coefficient (Wildman–Crippen LogP) is 4.96. The minimum atomic E-state index is -0.551. The van der Waals surface area contributed by atoms with Gasteiger partial charge in [0.2, 0.25) is 0 Å². The van der Waals surface area contributed by atoms with Crippen LogP contribution in [0.25, 0.3) is 0 Å². The molecule has 0 bridgehead atoms. The van der Waals surface area contributed by atoms with Crippen molar-refractivity contribution >= 4 is 17.9 Å². The topological polar surface area (TPSA) is 88.1 Å². The predicted molar refractivity (Wildman–Crippen MR) is 138 cm³/mol. The number of carbonyl (C=O) groups excluding carboxylic acids is 3. The molecule has 37 heavy (non-hydrogen) atoms. The molecule has 0 saturated heterocycles. The Morgan fingerprint density at radius 1 is 0.703 bits per heavy atom. The van der Waals surface area contributed by atoms with Crippen molar-refractivity contribution in [1.29, 1.82) is 0 Å². The second-order valence-corrected chi connectivity index (χ2v) is 8.47. The lowest BCUT2D eigenvalue weighted by atomic mass is 10.0. The molecular weight excluding hydrogens is 472 g/mol. The van der Waals surface area contributed by atoms with Gasteiger partial charge in [0.05, 0.1) is 5.56 Å². The molecule has 3 rings (SSSR count). The van der Waals surface area contributed by atoms with Gasteiger partial charge in [0.15, 0.2) is 0 Å². The van der Waals surface area contributed by atoms with Crippen LogP contribution >= 0.6 is 0 Å². The number of carbonyl (C=O) groups is 3. The number of esters is 3. The molecule has 1 atom stereocenters. The standard InChI is InChI=1S/C30H32O7/c1-23(37-30(33)26-11-4-2-5-12-26)22-36-29(32)18-16-25-10-8-9-24(21-25)15-17-28(31)35-20-19-34-27-13-6-3-7-14-27/h2-14,21,23H,15-20,22H2,1H3. The molecule has 7 nitrogen and oxygen atoms in total. The van der Waals surface area contributed by atoms with Crippen LogP contribution in [0.4, 0.5) is 0 Å². The Bertz CT molecular complexity index is 1130. The second kappa shape index (κ2) is 15.1. The highest BCUT2D eigenvalue weighted by Crippen LogP contribution is 2.12. The average Bonchev–Trinajstić information content (AvgIpc) is 2.93. The van der Waals surface area contributed by atoms with Crippen molar-refractivity contribution in [3.8, 4) is 5.75 Å². The Morgan fingerprint density at radius 3 is 1.95 bits per heavy atom. The molecule has 7 heteroatoms. The molecular formula is C30H32O7. The average molecular weight is 505 g/mol. The first kappa shape index (κ1) is 27.5. The van der Waals surface area contributed by atoms with E-state index < -0.39 is 12.1 Å². The molecule has 0 aliphatic heterocycles. The van der Waals surface area contributed by atoms with E-state index in [1.165, 1.54) is 0 Å². The summed E-state index contributed by atoms with van der Waals surface area (Å²) in [5.41, 5.74) is 2.42. The van der Waals surface area contributed by atoms with E-state index in [-0.39, 0.29) is 38.0 Å². The van der Waals surface area contributed by atoms with Gasteiger partial charge in [-0.15, -0.1) is 0 Å². The molecule has 194 valence electrons. The third-order valence-corrected chi connectivity index (χ3v) is 5.38. The van der Waals surface area contributed by atoms with Crippen molar-refractivity contribution < 1.29 is 33.3 Å². The highest BCUT2D eigenvalue weighted by molar-refractivity contribution is 5.89. The number of rotatable bonds is 14. The number of ether oxygens (including phenoxy) is 4. The van der Waals surface area contributed by atoms with Gasteiger partial charge >= 0.3 is 17.9 Å². The summed E-state index contributed by atoms with van der Waals surface area (Å²) >= 11 is 0. The summed E-state index contributed by atoms with van der Waals surface area (Å²) in [5, 5.41) is 0. The van der Waals surface area contributed by atoms with Crippen LogP contribution in [-0.4, -0.2) is 43.8 Å². The first-order chi connectivity index (χ1) is 18.0. The Morgan fingerprint density at radius 2 is 1.30 bits per heavy atom. The third kappa shape index (κ3) is 10.6. The zero-order valence-corrected chi connectivity index (χ0v) is 21.0. The highest BCUT2D eigenvalue weighted by atomic mass is 16.6. The van der Waals surface area contributed by atoms with Crippen molar-refractivity contribution in [3.05, 3.63) is 102 Å². The van der Waals surface area contributed by atoms with Gasteiger partial charge in [-0.3, -0.25) is 9.59 Å². The fraction of sp³-hybridized carbons (Fsp3) is 0.300. The van der Waals surface area contributed by atoms with Crippen LogP contribution in [-0.2, 0) is 36.6 Å². The van der Waals surface area contributed by atoms with Gasteiger partial charge in [-0.2, -0.15) is 0 Å². The second-order valence-electron chi connectivity index (χ2n) is 8.47. The highest BCUT2D eigenvalue weighted by Gasteiger charge is 2.14. The van der Waals surface area contributed by atoms with Gasteiger partial charge < -0.3 is 18.9 Å². The van der Waals surface area contributed by atoms with Crippen molar-refractivity contribution in [3.63, 3.8) is 0 Å². The molecule has 0 aliphatic carbocycles. The SMILES string of the molecule is CC(COC(=O)CCc1cccc(CCC(=O)OCCOc2ccccc2)c1)OC(=O)c1ccccc1. The van der Waals surface area contributed by atoms with Crippen molar-refractivity contribution in [2.24, 2.45) is 0 Å². The van der Waals surface area contributed by atoms with Gasteiger partial charge in [0.25, 0.3) is 0 Å². The molecule has 1 unspecified atom stereocenters. The maximum absolute atomic E-state index is 12.2. The normalized spacial score (nSPS) is 11.3. The maximum atomic E-state index is 12.2. The molecule has 0 spiro atoms. The zero-order valence-electron chi connectivity index (χ0n) is 21.0. The summed E-state index contributed by atoms with van der Waals surface area (Å²) in [6.07, 6.45) is 0.958. The molecule has 0 saturated carbocycles. The lowest BCUT2D eigenvalue weighted by Gasteiger charge is -2.13. The van der Waals surface area contributed by atoms with E-state index in [4.69, 9.17) is 18.9 Å². The third-order valence-electron chi connectivity index (χ3n) is 5.38. The van der Waals surface area contributed by atoms with Gasteiger partial charge in [-0.05, 0) is 55.2 Å². The molecule has 0 N–H and O–H groups in total. The van der Waals surface area contributed by atoms with E-state index in [1.54, 1.807) is 31.2 Å². The minimum Gasteiger partial charge on any atom is -0.490 e. The number of benzene rings is 3. The molecule has 0 heterocycles. The Hall–Kier alpha value is -4.13. The summed E-state index contributed by atoms with van der Waals surface area (Å²) in [6.45, 7) is 2.17. The van der Waals surface area contributed by atoms with E-state index in [1.807, 2.05) is 60.7 Å². The summed E-state index contributed by atoms with van der Waals surface area (Å²) in [4.78, 5) is 36.2. The van der Waals surface area contributed by atoms with Crippen LogP contribution in [0.5, 0.6) is 5.75 Å². The summed E-state index contributed by atoms with van der Waals surface area (Å²) < 4.78 is 21.3. The first-order valence-electron chi connectivity index (χ1n) is 12.3. The van der Waals surface area contributed by atoms with Gasteiger partial charge in [0.1, 0.15) is 31.7 Å². The van der Waals surface area contributed by atoms with Crippen molar-refractivity contribution in [1.82, 2.24) is 0 Å². The fourth-order valence-corrected chi connectivity index (χ4v) is 3.48. The van der Waals surface area contributed by atoms with Crippen molar-refractivity contribution in [2.45, 2.75) is 38.7 Å². The van der Waals surface area contributed by atoms with Crippen LogP contribution in [0.1, 0.15) is 41.3 Å². The Labute approximate surface area is 217 Å². The van der Waals surface area contributed by atoms with Crippen LogP contribution in [0, 0.1) is 0 Å². The molecule has 3 aromatic carbocycles. The summed E-state index contributed by atoms with van der Waals surface area (Å²) in [6, 6.07) is 25.8. The maximum Gasteiger partial charge on any atom is 0.338 e. The van der Waals surface area contributed by atoms with Crippen LogP contribution in [0.2, 0.25) is 0 Å².